The first-order valence-corrected chi connectivity index (χ1v) is 2.64. The van der Waals surface area contributed by atoms with E-state index in [0.29, 0.717) is 6.04 Å². The van der Waals surface area contributed by atoms with Gasteiger partial charge < -0.3 is 11.1 Å². The van der Waals surface area contributed by atoms with Crippen LogP contribution in [-0.4, -0.2) is 18.5 Å². The normalized spacial score (nSPS) is 8.78. The molecule has 0 aromatic rings. The maximum absolute atomic E-state index is 10.1. The zero-order valence-electron chi connectivity index (χ0n) is 5.68. The van der Waals surface area contributed by atoms with Gasteiger partial charge in [-0.3, -0.25) is 4.79 Å². The van der Waals surface area contributed by atoms with Crippen LogP contribution in [0.25, 0.3) is 0 Å². The highest BCUT2D eigenvalue weighted by Crippen LogP contribution is 1.71. The third kappa shape index (κ3) is 11.3. The molecule has 0 aromatic carbocycles. The van der Waals surface area contributed by atoms with Gasteiger partial charge >= 0.3 is 0 Å². The van der Waals surface area contributed by atoms with Gasteiger partial charge in [-0.1, -0.05) is 13.8 Å². The molecule has 0 aliphatic rings. The number of nitrogens with two attached hydrogens (primary N) is 1. The van der Waals surface area contributed by atoms with Crippen LogP contribution in [0.2, 0.25) is 0 Å². The van der Waals surface area contributed by atoms with E-state index >= 15 is 0 Å². The van der Waals surface area contributed by atoms with Crippen molar-refractivity contribution in [2.24, 2.45) is 5.73 Å². The molecule has 0 heterocycles. The van der Waals surface area contributed by atoms with Crippen LogP contribution in [0.5, 0.6) is 0 Å². The van der Waals surface area contributed by atoms with Crippen LogP contribution in [0.15, 0.2) is 0 Å². The summed E-state index contributed by atoms with van der Waals surface area (Å²) < 4.78 is 0. The highest BCUT2D eigenvalue weighted by Gasteiger charge is 1.93. The fraction of sp³-hybridized carbons (Fsp3) is 0.800. The molecule has 0 atom stereocenters. The van der Waals surface area contributed by atoms with Crippen molar-refractivity contribution in [1.29, 1.82) is 0 Å². The lowest BCUT2D eigenvalue weighted by molar-refractivity contribution is -0.117. The number of nitrogens with one attached hydrogen (secondary N) is 1. The number of carbonyl (C=O) groups is 1. The predicted molar refractivity (Wildman–Crippen MR) is 39.6 cm³/mol. The van der Waals surface area contributed by atoms with Gasteiger partial charge in [0.2, 0.25) is 5.91 Å². The average Bonchev–Trinajstić information content (AvgIpc) is 1.61. The molecule has 3 N–H and O–H groups in total. The second-order valence-corrected chi connectivity index (χ2v) is 2.00. The van der Waals surface area contributed by atoms with E-state index in [1.807, 2.05) is 13.8 Å². The summed E-state index contributed by atoms with van der Waals surface area (Å²) in [7, 11) is 0. The lowest BCUT2D eigenvalue weighted by Crippen LogP contribution is -2.32. The summed E-state index contributed by atoms with van der Waals surface area (Å²) in [5.74, 6) is -0.307. The van der Waals surface area contributed by atoms with Crippen LogP contribution >= 0.6 is 12.4 Å². The number of rotatable bonds is 3. The Morgan fingerprint density at radius 3 is 2.22 bits per heavy atom. The van der Waals surface area contributed by atoms with Gasteiger partial charge in [-0.25, -0.2) is 0 Å². The van der Waals surface area contributed by atoms with E-state index in [1.54, 1.807) is 0 Å². The molecular formula is C5H13ClN2O. The Hall–Kier alpha value is -0.280. The van der Waals surface area contributed by atoms with Crippen molar-refractivity contribution in [3.63, 3.8) is 0 Å². The average molecular weight is 153 g/mol. The van der Waals surface area contributed by atoms with E-state index in [9.17, 15) is 4.79 Å². The number of primary amides is 1. The van der Waals surface area contributed by atoms with Crippen molar-refractivity contribution < 1.29 is 4.79 Å². The number of hydrogen-bond acceptors (Lipinski definition) is 2. The van der Waals surface area contributed by atoms with Crippen molar-refractivity contribution in [2.75, 3.05) is 6.54 Å². The number of carbonyl (C=O) groups excluding carboxylic acids is 1. The minimum absolute atomic E-state index is 0. The van der Waals surface area contributed by atoms with Crippen molar-refractivity contribution in [3.8, 4) is 0 Å². The highest BCUT2D eigenvalue weighted by atomic mass is 35.5. The Balaban J connectivity index is 0. The molecule has 1 amide bonds. The van der Waals surface area contributed by atoms with E-state index < -0.39 is 0 Å². The Morgan fingerprint density at radius 1 is 1.67 bits per heavy atom. The van der Waals surface area contributed by atoms with Crippen LogP contribution in [0.1, 0.15) is 13.8 Å². The molecule has 0 bridgehead atoms. The van der Waals surface area contributed by atoms with Crippen molar-refractivity contribution in [3.05, 3.63) is 0 Å². The van der Waals surface area contributed by atoms with Gasteiger partial charge in [0, 0.05) is 6.04 Å². The Bertz CT molecular complexity index is 85.0. The summed E-state index contributed by atoms with van der Waals surface area (Å²) in [6.45, 7) is 4.20. The molecule has 0 radical (unpaired) electrons. The fourth-order valence-electron chi connectivity index (χ4n) is 0.305. The molecule has 56 valence electrons. The van der Waals surface area contributed by atoms with E-state index in [1.165, 1.54) is 0 Å². The third-order valence-corrected chi connectivity index (χ3v) is 0.685. The minimum atomic E-state index is -0.307. The first-order valence-electron chi connectivity index (χ1n) is 2.64. The maximum Gasteiger partial charge on any atom is 0.231 e. The molecule has 3 nitrogen and oxygen atoms in total. The fourth-order valence-corrected chi connectivity index (χ4v) is 0.305. The zero-order valence-corrected chi connectivity index (χ0v) is 6.49. The minimum Gasteiger partial charge on any atom is -0.369 e. The largest absolute Gasteiger partial charge is 0.369 e. The van der Waals surface area contributed by atoms with Gasteiger partial charge in [-0.05, 0) is 0 Å². The van der Waals surface area contributed by atoms with Gasteiger partial charge in [0.15, 0.2) is 0 Å². The van der Waals surface area contributed by atoms with Gasteiger partial charge in [0.25, 0.3) is 0 Å². The predicted octanol–water partition coefficient (Wildman–Crippen LogP) is -0.109. The Morgan fingerprint density at radius 2 is 2.11 bits per heavy atom. The van der Waals surface area contributed by atoms with Crippen molar-refractivity contribution in [2.45, 2.75) is 19.9 Å². The summed E-state index contributed by atoms with van der Waals surface area (Å²) in [5, 5.41) is 2.87. The van der Waals surface area contributed by atoms with E-state index in [0.717, 1.165) is 0 Å². The smallest absolute Gasteiger partial charge is 0.231 e. The van der Waals surface area contributed by atoms with Crippen molar-refractivity contribution >= 4 is 18.3 Å². The van der Waals surface area contributed by atoms with E-state index in [-0.39, 0.29) is 24.9 Å². The molecule has 0 unspecified atom stereocenters. The molecular weight excluding hydrogens is 140 g/mol. The quantitative estimate of drug-likeness (QED) is 0.593. The summed E-state index contributed by atoms with van der Waals surface area (Å²) in [4.78, 5) is 10.1. The molecule has 0 aromatic heterocycles. The summed E-state index contributed by atoms with van der Waals surface area (Å²) in [6, 6.07) is 0.336. The van der Waals surface area contributed by atoms with Gasteiger partial charge in [-0.15, -0.1) is 12.4 Å². The van der Waals surface area contributed by atoms with Crippen LogP contribution in [-0.2, 0) is 4.79 Å². The molecule has 0 fully saturated rings. The second-order valence-electron chi connectivity index (χ2n) is 2.00. The Labute approximate surface area is 61.4 Å². The van der Waals surface area contributed by atoms with Crippen LogP contribution in [0, 0.1) is 0 Å². The molecule has 4 heteroatoms. The highest BCUT2D eigenvalue weighted by molar-refractivity contribution is 5.85. The second kappa shape index (κ2) is 5.85. The van der Waals surface area contributed by atoms with Crippen molar-refractivity contribution in [1.82, 2.24) is 5.32 Å². The van der Waals surface area contributed by atoms with Gasteiger partial charge in [0.05, 0.1) is 6.54 Å². The first-order chi connectivity index (χ1) is 3.63. The SMILES string of the molecule is CC(C)NCC(N)=O.Cl. The lowest BCUT2D eigenvalue weighted by atomic mass is 10.4. The van der Waals surface area contributed by atoms with Crippen LogP contribution < -0.4 is 11.1 Å². The summed E-state index contributed by atoms with van der Waals surface area (Å²) in [5.41, 5.74) is 4.84. The number of hydrogen-bond donors (Lipinski definition) is 2. The lowest BCUT2D eigenvalue weighted by Gasteiger charge is -2.02. The molecule has 0 aliphatic heterocycles. The van der Waals surface area contributed by atoms with Gasteiger partial charge in [-0.2, -0.15) is 0 Å². The van der Waals surface area contributed by atoms with E-state index in [2.05, 4.69) is 5.32 Å². The first kappa shape index (κ1) is 11.5. The standard InChI is InChI=1S/C5H12N2O.ClH/c1-4(2)7-3-5(6)8;/h4,7H,3H2,1-2H3,(H2,6,8);1H. The monoisotopic (exact) mass is 152 g/mol. The van der Waals surface area contributed by atoms with E-state index in [4.69, 9.17) is 5.73 Å². The summed E-state index contributed by atoms with van der Waals surface area (Å²) in [6.07, 6.45) is 0. The topological polar surface area (TPSA) is 55.1 Å². The van der Waals surface area contributed by atoms with Crippen LogP contribution in [0.3, 0.4) is 0 Å². The molecule has 0 spiro atoms. The molecule has 0 saturated carbocycles. The molecule has 0 saturated heterocycles. The number of amides is 1. The molecule has 0 aliphatic carbocycles. The summed E-state index contributed by atoms with van der Waals surface area (Å²) >= 11 is 0. The van der Waals surface area contributed by atoms with Crippen LogP contribution in [0.4, 0.5) is 0 Å². The maximum atomic E-state index is 10.1. The third-order valence-electron chi connectivity index (χ3n) is 0.685. The zero-order chi connectivity index (χ0) is 6.57. The molecule has 0 rings (SSSR count). The molecule has 9 heavy (non-hydrogen) atoms. The number of halogens is 1. The van der Waals surface area contributed by atoms with Gasteiger partial charge in [0.1, 0.15) is 0 Å². The Kier molecular flexibility index (Phi) is 7.48.